The Kier molecular flexibility index (Phi) is 3.79. The number of Topliss-reactive ketones (excluding diaryl/α,β-unsaturated/α-hetero) is 1. The average Bonchev–Trinajstić information content (AvgIpc) is 2.92. The van der Waals surface area contributed by atoms with Crippen molar-refractivity contribution in [2.24, 2.45) is 34.5 Å². The quantitative estimate of drug-likeness (QED) is 0.551. The summed E-state index contributed by atoms with van der Waals surface area (Å²) < 4.78 is 0. The van der Waals surface area contributed by atoms with E-state index in [9.17, 15) is 14.7 Å². The van der Waals surface area contributed by atoms with Crippen LogP contribution in [-0.2, 0) is 9.59 Å². The van der Waals surface area contributed by atoms with Crippen molar-refractivity contribution in [2.45, 2.75) is 65.7 Å². The summed E-state index contributed by atoms with van der Waals surface area (Å²) >= 11 is 0. The summed E-state index contributed by atoms with van der Waals surface area (Å²) in [4.78, 5) is 24.4. The van der Waals surface area contributed by atoms with Crippen LogP contribution in [0.25, 0.3) is 0 Å². The normalized spacial score (nSPS) is 47.7. The molecule has 136 valence electrons. The molecule has 0 saturated heterocycles. The lowest BCUT2D eigenvalue weighted by Crippen LogP contribution is -2.51. The Bertz CT molecular complexity index is 687. The highest BCUT2D eigenvalue weighted by molar-refractivity contribution is 6.05. The molecule has 0 aliphatic heterocycles. The van der Waals surface area contributed by atoms with E-state index in [1.807, 2.05) is 6.08 Å². The van der Waals surface area contributed by atoms with Crippen molar-refractivity contribution in [1.29, 1.82) is 0 Å². The molecule has 0 aromatic carbocycles. The van der Waals surface area contributed by atoms with Crippen LogP contribution >= 0.6 is 0 Å². The van der Waals surface area contributed by atoms with Crippen LogP contribution in [0, 0.1) is 34.5 Å². The predicted octanol–water partition coefficient (Wildman–Crippen LogP) is 4.78. The molecule has 0 amide bonds. The zero-order valence-electron chi connectivity index (χ0n) is 15.7. The average molecular weight is 342 g/mol. The van der Waals surface area contributed by atoms with Crippen molar-refractivity contribution in [1.82, 2.24) is 0 Å². The number of ketones is 2. The van der Waals surface area contributed by atoms with Crippen molar-refractivity contribution >= 4 is 11.6 Å². The minimum Gasteiger partial charge on any atom is -0.515 e. The van der Waals surface area contributed by atoms with E-state index in [4.69, 9.17) is 0 Å². The smallest absolute Gasteiger partial charge is 0.184 e. The first kappa shape index (κ1) is 17.1. The molecule has 0 radical (unpaired) electrons. The molecule has 25 heavy (non-hydrogen) atoms. The fourth-order valence-corrected chi connectivity index (χ4v) is 7.32. The predicted molar refractivity (Wildman–Crippen MR) is 97.0 cm³/mol. The highest BCUT2D eigenvalue weighted by Gasteiger charge is 2.59. The zero-order chi connectivity index (χ0) is 18.0. The summed E-state index contributed by atoms with van der Waals surface area (Å²) in [6.07, 6.45) is 10.2. The summed E-state index contributed by atoms with van der Waals surface area (Å²) in [6, 6.07) is 0. The fraction of sp³-hybridized carbons (Fsp3) is 0.727. The molecule has 0 spiro atoms. The molecule has 3 nitrogen and oxygen atoms in total. The molecule has 6 atom stereocenters. The molecule has 0 aromatic heterocycles. The Morgan fingerprint density at radius 1 is 1.20 bits per heavy atom. The molecule has 4 aliphatic carbocycles. The Labute approximate surface area is 150 Å². The van der Waals surface area contributed by atoms with Crippen molar-refractivity contribution < 1.29 is 14.7 Å². The van der Waals surface area contributed by atoms with E-state index >= 15 is 0 Å². The van der Waals surface area contributed by atoms with Crippen LogP contribution in [0.15, 0.2) is 23.5 Å². The van der Waals surface area contributed by atoms with Crippen LogP contribution < -0.4 is 0 Å². The molecule has 0 aromatic rings. The number of carbonyl (C=O) groups is 2. The largest absolute Gasteiger partial charge is 0.515 e. The van der Waals surface area contributed by atoms with Crippen molar-refractivity contribution in [3.8, 4) is 0 Å². The minimum absolute atomic E-state index is 0.00102. The van der Waals surface area contributed by atoms with Gasteiger partial charge < -0.3 is 5.11 Å². The van der Waals surface area contributed by atoms with E-state index in [1.165, 1.54) is 12.0 Å². The van der Waals surface area contributed by atoms with Crippen molar-refractivity contribution in [2.75, 3.05) is 0 Å². The van der Waals surface area contributed by atoms with Gasteiger partial charge in [0.15, 0.2) is 5.78 Å². The maximum Gasteiger partial charge on any atom is 0.184 e. The molecule has 1 N–H and O–H groups in total. The molecular formula is C22H30O3. The molecular weight excluding hydrogens is 312 g/mol. The second-order valence-electron chi connectivity index (χ2n) is 9.48. The highest BCUT2D eigenvalue weighted by Crippen LogP contribution is 2.66. The van der Waals surface area contributed by atoms with Gasteiger partial charge in [-0.3, -0.25) is 9.59 Å². The Hall–Kier alpha value is -1.38. The van der Waals surface area contributed by atoms with Crippen LogP contribution in [0.4, 0.5) is 0 Å². The highest BCUT2D eigenvalue weighted by atomic mass is 16.2. The van der Waals surface area contributed by atoms with Gasteiger partial charge in [-0.1, -0.05) is 19.4 Å². The number of fused-ring (bicyclic) bond motifs is 5. The number of aliphatic hydroxyl groups is 1. The molecule has 4 rings (SSSR count). The van der Waals surface area contributed by atoms with Crippen LogP contribution in [0.2, 0.25) is 0 Å². The van der Waals surface area contributed by atoms with Crippen molar-refractivity contribution in [3.05, 3.63) is 23.5 Å². The van der Waals surface area contributed by atoms with Crippen molar-refractivity contribution in [3.63, 3.8) is 0 Å². The first-order valence-electron chi connectivity index (χ1n) is 9.90. The first-order chi connectivity index (χ1) is 11.8. The lowest BCUT2D eigenvalue weighted by atomic mass is 9.46. The van der Waals surface area contributed by atoms with Gasteiger partial charge in [-0.05, 0) is 86.5 Å². The van der Waals surface area contributed by atoms with E-state index < -0.39 is 0 Å². The maximum absolute atomic E-state index is 12.2. The lowest BCUT2D eigenvalue weighted by Gasteiger charge is -2.58. The summed E-state index contributed by atoms with van der Waals surface area (Å²) in [7, 11) is 0. The third-order valence-corrected chi connectivity index (χ3v) is 8.56. The van der Waals surface area contributed by atoms with E-state index in [0.29, 0.717) is 35.5 Å². The van der Waals surface area contributed by atoms with Gasteiger partial charge in [0, 0.05) is 11.5 Å². The molecule has 0 unspecified atom stereocenters. The van der Waals surface area contributed by atoms with E-state index in [-0.39, 0.29) is 22.5 Å². The minimum atomic E-state index is -0.00779. The summed E-state index contributed by atoms with van der Waals surface area (Å²) in [5.74, 6) is 2.46. The van der Waals surface area contributed by atoms with Crippen LogP contribution in [0.3, 0.4) is 0 Å². The Balaban J connectivity index is 1.69. The fourth-order valence-electron chi connectivity index (χ4n) is 7.32. The summed E-state index contributed by atoms with van der Waals surface area (Å²) in [5.41, 5.74) is 2.04. The Morgan fingerprint density at radius 3 is 2.64 bits per heavy atom. The van der Waals surface area contributed by atoms with Crippen LogP contribution in [0.1, 0.15) is 65.7 Å². The molecule has 3 heteroatoms. The van der Waals surface area contributed by atoms with Gasteiger partial charge in [0.05, 0.1) is 6.26 Å². The second kappa shape index (κ2) is 5.56. The number of allylic oxidation sites excluding steroid dienone is 2. The molecule has 3 fully saturated rings. The van der Waals surface area contributed by atoms with E-state index in [0.717, 1.165) is 38.4 Å². The van der Waals surface area contributed by atoms with Gasteiger partial charge in [0.1, 0.15) is 5.78 Å². The number of hydrogen-bond donors (Lipinski definition) is 1. The SMILES string of the molecule is CC(=O)[C@H]1CC[C@H]2[C@@H]3CCC4=CC(=O)/C(=C/O)C[C@]4(C)[C@H]3CC[C@]12C. The van der Waals surface area contributed by atoms with E-state index in [2.05, 4.69) is 13.8 Å². The molecule has 0 bridgehead atoms. The van der Waals surface area contributed by atoms with Gasteiger partial charge >= 0.3 is 0 Å². The van der Waals surface area contributed by atoms with Crippen LogP contribution in [-0.4, -0.2) is 16.7 Å². The first-order valence-corrected chi connectivity index (χ1v) is 9.90. The Morgan fingerprint density at radius 2 is 1.96 bits per heavy atom. The monoisotopic (exact) mass is 342 g/mol. The third kappa shape index (κ3) is 2.23. The van der Waals surface area contributed by atoms with Gasteiger partial charge in [-0.25, -0.2) is 0 Å². The molecule has 3 saturated carbocycles. The molecule has 0 heterocycles. The summed E-state index contributed by atoms with van der Waals surface area (Å²) in [5, 5.41) is 9.50. The van der Waals surface area contributed by atoms with Gasteiger partial charge in [0.2, 0.25) is 0 Å². The topological polar surface area (TPSA) is 54.4 Å². The van der Waals surface area contributed by atoms with Crippen LogP contribution in [0.5, 0.6) is 0 Å². The van der Waals surface area contributed by atoms with Gasteiger partial charge in [0.25, 0.3) is 0 Å². The molecule has 4 aliphatic rings. The standard InChI is InChI=1S/C22H30O3/c1-13(24)17-6-7-18-16-5-4-15-10-20(25)14(12-23)11-22(15,3)19(16)8-9-21(17,18)2/h10,12,16-19,23H,4-9,11H2,1-3H3/b14-12+/t16-,17+,18-,19-,21+,22-/m0/s1. The second-order valence-corrected chi connectivity index (χ2v) is 9.48. The maximum atomic E-state index is 12.2. The number of rotatable bonds is 1. The number of aliphatic hydroxyl groups excluding tert-OH is 1. The number of carbonyl (C=O) groups excluding carboxylic acids is 2. The lowest BCUT2D eigenvalue weighted by molar-refractivity contribution is -0.128. The van der Waals surface area contributed by atoms with Gasteiger partial charge in [-0.2, -0.15) is 0 Å². The van der Waals surface area contributed by atoms with Gasteiger partial charge in [-0.15, -0.1) is 0 Å². The third-order valence-electron chi connectivity index (χ3n) is 8.56. The summed E-state index contributed by atoms with van der Waals surface area (Å²) in [6.45, 7) is 6.45. The zero-order valence-corrected chi connectivity index (χ0v) is 15.7. The van der Waals surface area contributed by atoms with E-state index in [1.54, 1.807) is 6.92 Å². The number of hydrogen-bond acceptors (Lipinski definition) is 3.